The number of hydrogen-bond donors (Lipinski definition) is 1. The van der Waals surface area contributed by atoms with Crippen molar-refractivity contribution < 1.29 is 0 Å². The maximum Gasteiger partial charge on any atom is 0.0234 e. The van der Waals surface area contributed by atoms with Crippen LogP contribution in [0.15, 0.2) is 30.3 Å². The lowest BCUT2D eigenvalue weighted by molar-refractivity contribution is 0.233. The van der Waals surface area contributed by atoms with Crippen LogP contribution in [0, 0.1) is 5.92 Å². The van der Waals surface area contributed by atoms with E-state index in [4.69, 9.17) is 5.73 Å². The molecule has 0 radical (unpaired) electrons. The minimum Gasteiger partial charge on any atom is -0.329 e. The summed E-state index contributed by atoms with van der Waals surface area (Å²) in [5.74, 6) is 0.746. The molecule has 0 spiro atoms. The average Bonchev–Trinajstić information content (AvgIpc) is 2.30. The number of benzene rings is 1. The summed E-state index contributed by atoms with van der Waals surface area (Å²) in [6, 6.07) is 10.6. The van der Waals surface area contributed by atoms with Gasteiger partial charge in [0.1, 0.15) is 0 Å². The van der Waals surface area contributed by atoms with Crippen molar-refractivity contribution in [2.45, 2.75) is 26.8 Å². The predicted molar refractivity (Wildman–Crippen MR) is 70.2 cm³/mol. The average molecular weight is 220 g/mol. The van der Waals surface area contributed by atoms with Gasteiger partial charge >= 0.3 is 0 Å². The zero-order chi connectivity index (χ0) is 11.8. The normalized spacial score (nSPS) is 13.0. The van der Waals surface area contributed by atoms with E-state index < -0.39 is 0 Å². The van der Waals surface area contributed by atoms with Crippen molar-refractivity contribution in [3.8, 4) is 0 Å². The summed E-state index contributed by atoms with van der Waals surface area (Å²) in [5, 5.41) is 0. The lowest BCUT2D eigenvalue weighted by atomic mass is 10.1. The minimum atomic E-state index is 0.739. The highest BCUT2D eigenvalue weighted by molar-refractivity contribution is 5.14. The Balaban J connectivity index is 2.50. The van der Waals surface area contributed by atoms with Gasteiger partial charge in [-0.05, 0) is 11.5 Å². The van der Waals surface area contributed by atoms with Gasteiger partial charge in [-0.25, -0.2) is 0 Å². The van der Waals surface area contributed by atoms with E-state index >= 15 is 0 Å². The van der Waals surface area contributed by atoms with Crippen LogP contribution in [0.4, 0.5) is 0 Å². The second-order valence-corrected chi connectivity index (χ2v) is 4.52. The lowest BCUT2D eigenvalue weighted by Gasteiger charge is -2.24. The van der Waals surface area contributed by atoms with Gasteiger partial charge < -0.3 is 5.73 Å². The molecule has 0 saturated heterocycles. The molecule has 1 rings (SSSR count). The van der Waals surface area contributed by atoms with Gasteiger partial charge in [0.05, 0.1) is 0 Å². The van der Waals surface area contributed by atoms with Crippen LogP contribution in [-0.2, 0) is 6.54 Å². The Hall–Kier alpha value is -0.860. The smallest absolute Gasteiger partial charge is 0.0234 e. The van der Waals surface area contributed by atoms with Crippen LogP contribution in [-0.4, -0.2) is 24.5 Å². The molecular weight excluding hydrogens is 196 g/mol. The summed E-state index contributed by atoms with van der Waals surface area (Å²) >= 11 is 0. The highest BCUT2D eigenvalue weighted by Crippen LogP contribution is 2.08. The molecule has 0 aliphatic rings. The maximum atomic E-state index is 5.66. The first-order valence-corrected chi connectivity index (χ1v) is 6.22. The second-order valence-electron chi connectivity index (χ2n) is 4.52. The highest BCUT2D eigenvalue weighted by atomic mass is 15.1. The van der Waals surface area contributed by atoms with Gasteiger partial charge in [0, 0.05) is 26.2 Å². The molecule has 0 aliphatic carbocycles. The zero-order valence-corrected chi connectivity index (χ0v) is 10.5. The van der Waals surface area contributed by atoms with Crippen LogP contribution in [0.2, 0.25) is 0 Å². The Morgan fingerprint density at radius 1 is 1.25 bits per heavy atom. The van der Waals surface area contributed by atoms with Gasteiger partial charge in [-0.2, -0.15) is 0 Å². The fraction of sp³-hybridized carbons (Fsp3) is 0.571. The Labute approximate surface area is 99.5 Å². The predicted octanol–water partition coefficient (Wildman–Crippen LogP) is 2.49. The van der Waals surface area contributed by atoms with Crippen LogP contribution in [0.5, 0.6) is 0 Å². The van der Waals surface area contributed by atoms with Gasteiger partial charge in [-0.3, -0.25) is 4.90 Å². The van der Waals surface area contributed by atoms with Crippen LogP contribution in [0.3, 0.4) is 0 Å². The third kappa shape index (κ3) is 4.77. The van der Waals surface area contributed by atoms with Gasteiger partial charge in [0.15, 0.2) is 0 Å². The van der Waals surface area contributed by atoms with Gasteiger partial charge in [-0.1, -0.05) is 50.6 Å². The van der Waals surface area contributed by atoms with E-state index in [1.54, 1.807) is 0 Å². The van der Waals surface area contributed by atoms with E-state index in [0.29, 0.717) is 0 Å². The lowest BCUT2D eigenvalue weighted by Crippen LogP contribution is -2.32. The number of nitrogens with two attached hydrogens (primary N) is 1. The molecule has 16 heavy (non-hydrogen) atoms. The first-order valence-electron chi connectivity index (χ1n) is 6.22. The molecule has 1 aromatic carbocycles. The largest absolute Gasteiger partial charge is 0.329 e. The Morgan fingerprint density at radius 3 is 2.50 bits per heavy atom. The van der Waals surface area contributed by atoms with E-state index in [1.807, 2.05) is 0 Å². The number of nitrogens with zero attached hydrogens (tertiary/aromatic N) is 1. The van der Waals surface area contributed by atoms with Gasteiger partial charge in [0.2, 0.25) is 0 Å². The van der Waals surface area contributed by atoms with E-state index in [2.05, 4.69) is 49.1 Å². The summed E-state index contributed by atoms with van der Waals surface area (Å²) in [5.41, 5.74) is 7.03. The van der Waals surface area contributed by atoms with E-state index in [9.17, 15) is 0 Å². The Kier molecular flexibility index (Phi) is 6.12. The van der Waals surface area contributed by atoms with Crippen molar-refractivity contribution in [3.05, 3.63) is 35.9 Å². The quantitative estimate of drug-likeness (QED) is 0.765. The second kappa shape index (κ2) is 7.42. The summed E-state index contributed by atoms with van der Waals surface area (Å²) in [6.45, 7) is 8.43. The maximum absolute atomic E-state index is 5.66. The molecule has 0 saturated carbocycles. The Morgan fingerprint density at radius 2 is 1.94 bits per heavy atom. The van der Waals surface area contributed by atoms with Crippen molar-refractivity contribution in [3.63, 3.8) is 0 Å². The fourth-order valence-electron chi connectivity index (χ4n) is 1.83. The number of hydrogen-bond acceptors (Lipinski definition) is 2. The topological polar surface area (TPSA) is 29.3 Å². The first-order chi connectivity index (χ1) is 7.76. The molecule has 1 unspecified atom stereocenters. The molecule has 0 heterocycles. The van der Waals surface area contributed by atoms with Crippen molar-refractivity contribution in [2.24, 2.45) is 11.7 Å². The first kappa shape index (κ1) is 13.2. The molecule has 1 atom stereocenters. The number of rotatable bonds is 7. The molecule has 2 nitrogen and oxygen atoms in total. The molecule has 0 aromatic heterocycles. The van der Waals surface area contributed by atoms with Crippen LogP contribution < -0.4 is 5.73 Å². The van der Waals surface area contributed by atoms with Crippen molar-refractivity contribution in [1.29, 1.82) is 0 Å². The SMILES string of the molecule is CCC(C)CN(CCN)Cc1ccccc1. The third-order valence-corrected chi connectivity index (χ3v) is 2.96. The van der Waals surface area contributed by atoms with Crippen molar-refractivity contribution in [2.75, 3.05) is 19.6 Å². The molecule has 2 N–H and O–H groups in total. The monoisotopic (exact) mass is 220 g/mol. The van der Waals surface area contributed by atoms with Crippen molar-refractivity contribution in [1.82, 2.24) is 4.90 Å². The molecule has 0 amide bonds. The van der Waals surface area contributed by atoms with Crippen LogP contribution in [0.1, 0.15) is 25.8 Å². The molecule has 0 bridgehead atoms. The van der Waals surface area contributed by atoms with Crippen LogP contribution >= 0.6 is 0 Å². The summed E-state index contributed by atoms with van der Waals surface area (Å²) in [4.78, 5) is 2.45. The molecular formula is C14H24N2. The minimum absolute atomic E-state index is 0.739. The standard InChI is InChI=1S/C14H24N2/c1-3-13(2)11-16(10-9-15)12-14-7-5-4-6-8-14/h4-8,13H,3,9-12,15H2,1-2H3. The summed E-state index contributed by atoms with van der Waals surface area (Å²) < 4.78 is 0. The highest BCUT2D eigenvalue weighted by Gasteiger charge is 2.08. The Bertz CT molecular complexity index is 271. The molecule has 2 heteroatoms. The van der Waals surface area contributed by atoms with E-state index in [0.717, 1.165) is 32.1 Å². The fourth-order valence-corrected chi connectivity index (χ4v) is 1.83. The molecule has 90 valence electrons. The van der Waals surface area contributed by atoms with E-state index in [1.165, 1.54) is 12.0 Å². The van der Waals surface area contributed by atoms with E-state index in [-0.39, 0.29) is 0 Å². The zero-order valence-electron chi connectivity index (χ0n) is 10.5. The molecule has 0 fully saturated rings. The van der Waals surface area contributed by atoms with Gasteiger partial charge in [0.25, 0.3) is 0 Å². The van der Waals surface area contributed by atoms with Crippen LogP contribution in [0.25, 0.3) is 0 Å². The molecule has 1 aromatic rings. The van der Waals surface area contributed by atoms with Crippen molar-refractivity contribution >= 4 is 0 Å². The molecule has 0 aliphatic heterocycles. The third-order valence-electron chi connectivity index (χ3n) is 2.96. The van der Waals surface area contributed by atoms with Gasteiger partial charge in [-0.15, -0.1) is 0 Å². The summed E-state index contributed by atoms with van der Waals surface area (Å²) in [6.07, 6.45) is 1.23. The summed E-state index contributed by atoms with van der Waals surface area (Å²) in [7, 11) is 0.